The van der Waals surface area contributed by atoms with Gasteiger partial charge in [-0.15, -0.1) is 5.06 Å². The van der Waals surface area contributed by atoms with E-state index in [9.17, 15) is 13.2 Å². The van der Waals surface area contributed by atoms with Gasteiger partial charge >= 0.3 is 6.18 Å². The second-order valence-electron chi connectivity index (χ2n) is 5.07. The molecule has 2 rings (SSSR count). The lowest BCUT2D eigenvalue weighted by molar-refractivity contribution is -0.137. The Morgan fingerprint density at radius 1 is 1.06 bits per heavy atom. The van der Waals surface area contributed by atoms with Crippen LogP contribution >= 0.6 is 0 Å². The summed E-state index contributed by atoms with van der Waals surface area (Å²) in [7, 11) is 0. The van der Waals surface area contributed by atoms with Crippen molar-refractivity contribution < 1.29 is 18.0 Å². The van der Waals surface area contributed by atoms with Gasteiger partial charge in [-0.2, -0.15) is 13.2 Å². The number of benzene rings is 1. The van der Waals surface area contributed by atoms with Crippen molar-refractivity contribution in [2.24, 2.45) is 0 Å². The highest BCUT2D eigenvalue weighted by atomic mass is 19.4. The molecule has 0 aliphatic carbocycles. The molecule has 0 spiro atoms. The SMILES string of the molecule is CC(C)(C)N1O[C@@H]1c1ccc(C(F)(F)F)cc1. The quantitative estimate of drug-likeness (QED) is 0.700. The lowest BCUT2D eigenvalue weighted by Gasteiger charge is -2.16. The smallest absolute Gasteiger partial charge is 0.269 e. The van der Waals surface area contributed by atoms with E-state index in [0.29, 0.717) is 0 Å². The van der Waals surface area contributed by atoms with E-state index < -0.39 is 11.7 Å². The summed E-state index contributed by atoms with van der Waals surface area (Å²) in [5, 5.41) is 1.76. The fraction of sp³-hybridized carbons (Fsp3) is 0.500. The van der Waals surface area contributed by atoms with Gasteiger partial charge in [0, 0.05) is 5.54 Å². The average molecular weight is 245 g/mol. The Morgan fingerprint density at radius 3 is 1.94 bits per heavy atom. The van der Waals surface area contributed by atoms with Crippen LogP contribution in [0.25, 0.3) is 0 Å². The summed E-state index contributed by atoms with van der Waals surface area (Å²) in [6.45, 7) is 5.95. The number of halogens is 3. The summed E-state index contributed by atoms with van der Waals surface area (Å²) < 4.78 is 37.1. The summed E-state index contributed by atoms with van der Waals surface area (Å²) in [4.78, 5) is 5.35. The van der Waals surface area contributed by atoms with Gasteiger partial charge in [0.2, 0.25) is 0 Å². The van der Waals surface area contributed by atoms with Gasteiger partial charge < -0.3 is 0 Å². The fourth-order valence-corrected chi connectivity index (χ4v) is 1.62. The Kier molecular flexibility index (Phi) is 2.71. The van der Waals surface area contributed by atoms with Crippen LogP contribution in [-0.2, 0) is 11.0 Å². The number of alkyl halides is 3. The maximum absolute atomic E-state index is 12.4. The summed E-state index contributed by atoms with van der Waals surface area (Å²) in [6.07, 6.45) is -4.51. The van der Waals surface area contributed by atoms with Gasteiger partial charge in [-0.1, -0.05) is 12.1 Å². The summed E-state index contributed by atoms with van der Waals surface area (Å²) in [5.74, 6) is 0. The zero-order valence-corrected chi connectivity index (χ0v) is 9.88. The van der Waals surface area contributed by atoms with Gasteiger partial charge in [0.25, 0.3) is 0 Å². The van der Waals surface area contributed by atoms with Gasteiger partial charge in [0.05, 0.1) is 5.56 Å². The zero-order chi connectivity index (χ0) is 12.8. The average Bonchev–Trinajstić information content (AvgIpc) is 2.95. The van der Waals surface area contributed by atoms with Crippen molar-refractivity contribution in [2.75, 3.05) is 0 Å². The van der Waals surface area contributed by atoms with Crippen LogP contribution in [0, 0.1) is 0 Å². The Labute approximate surface area is 97.9 Å². The molecule has 1 aliphatic heterocycles. The molecule has 2 nitrogen and oxygen atoms in total. The molecule has 1 heterocycles. The van der Waals surface area contributed by atoms with Crippen LogP contribution < -0.4 is 0 Å². The van der Waals surface area contributed by atoms with Crippen molar-refractivity contribution in [2.45, 2.75) is 38.7 Å². The lowest BCUT2D eigenvalue weighted by atomic mass is 10.1. The summed E-state index contributed by atoms with van der Waals surface area (Å²) in [5.41, 5.74) is -0.0370. The van der Waals surface area contributed by atoms with E-state index in [4.69, 9.17) is 4.84 Å². The van der Waals surface area contributed by atoms with Gasteiger partial charge in [-0.3, -0.25) is 4.84 Å². The van der Waals surface area contributed by atoms with Crippen molar-refractivity contribution in [1.82, 2.24) is 5.06 Å². The van der Waals surface area contributed by atoms with Crippen molar-refractivity contribution in [3.8, 4) is 0 Å². The van der Waals surface area contributed by atoms with Crippen LogP contribution in [0.15, 0.2) is 24.3 Å². The van der Waals surface area contributed by atoms with E-state index in [0.717, 1.165) is 17.7 Å². The molecule has 1 unspecified atom stereocenters. The highest BCUT2D eigenvalue weighted by Gasteiger charge is 2.45. The second-order valence-corrected chi connectivity index (χ2v) is 5.07. The monoisotopic (exact) mass is 245 g/mol. The predicted octanol–water partition coefficient (Wildman–Crippen LogP) is 3.75. The molecule has 1 saturated heterocycles. The topological polar surface area (TPSA) is 15.5 Å². The summed E-state index contributed by atoms with van der Waals surface area (Å²) in [6, 6.07) is 5.08. The van der Waals surface area contributed by atoms with E-state index in [1.54, 1.807) is 5.06 Å². The fourth-order valence-electron chi connectivity index (χ4n) is 1.62. The second kappa shape index (κ2) is 3.71. The van der Waals surface area contributed by atoms with Crippen LogP contribution in [-0.4, -0.2) is 10.6 Å². The first-order valence-electron chi connectivity index (χ1n) is 5.33. The number of hydrogen-bond acceptors (Lipinski definition) is 2. The number of rotatable bonds is 1. The highest BCUT2D eigenvalue weighted by Crippen LogP contribution is 2.43. The first kappa shape index (κ1) is 12.4. The minimum atomic E-state index is -4.29. The van der Waals surface area contributed by atoms with Gasteiger partial charge in [-0.25, -0.2) is 0 Å². The number of nitrogens with zero attached hydrogens (tertiary/aromatic N) is 1. The first-order chi connectivity index (χ1) is 7.69. The van der Waals surface area contributed by atoms with Crippen molar-refractivity contribution in [3.63, 3.8) is 0 Å². The third-order valence-corrected chi connectivity index (χ3v) is 2.57. The van der Waals surface area contributed by atoms with Gasteiger partial charge in [0.15, 0.2) is 6.23 Å². The summed E-state index contributed by atoms with van der Waals surface area (Å²) >= 11 is 0. The lowest BCUT2D eigenvalue weighted by Crippen LogP contribution is -2.25. The molecule has 0 N–H and O–H groups in total. The van der Waals surface area contributed by atoms with Crippen molar-refractivity contribution in [3.05, 3.63) is 35.4 Å². The normalized spacial score (nSPS) is 24.8. The van der Waals surface area contributed by atoms with E-state index in [1.807, 2.05) is 20.8 Å². The molecule has 17 heavy (non-hydrogen) atoms. The molecule has 94 valence electrons. The first-order valence-corrected chi connectivity index (χ1v) is 5.33. The molecular weight excluding hydrogens is 231 g/mol. The largest absolute Gasteiger partial charge is 0.416 e. The standard InChI is InChI=1S/C12H14F3NO/c1-11(2,3)16-10(17-16)8-4-6-9(7-5-8)12(13,14)15/h4-7,10H,1-3H3/t10-,16?/m1/s1. The van der Waals surface area contributed by atoms with Gasteiger partial charge in [-0.05, 0) is 38.5 Å². The third kappa shape index (κ3) is 2.61. The van der Waals surface area contributed by atoms with Crippen LogP contribution in [0.1, 0.15) is 38.1 Å². The molecule has 0 saturated carbocycles. The van der Waals surface area contributed by atoms with Crippen LogP contribution in [0.4, 0.5) is 13.2 Å². The van der Waals surface area contributed by atoms with E-state index >= 15 is 0 Å². The minimum absolute atomic E-state index is 0.145. The molecule has 0 amide bonds. The maximum atomic E-state index is 12.4. The highest BCUT2D eigenvalue weighted by molar-refractivity contribution is 5.27. The minimum Gasteiger partial charge on any atom is -0.269 e. The van der Waals surface area contributed by atoms with Crippen molar-refractivity contribution >= 4 is 0 Å². The molecule has 0 aromatic heterocycles. The Morgan fingerprint density at radius 2 is 1.59 bits per heavy atom. The Balaban J connectivity index is 2.11. The Hall–Kier alpha value is -1.07. The predicted molar refractivity (Wildman–Crippen MR) is 56.9 cm³/mol. The maximum Gasteiger partial charge on any atom is 0.416 e. The number of hydroxylamine groups is 2. The molecule has 2 atom stereocenters. The van der Waals surface area contributed by atoms with Crippen molar-refractivity contribution in [1.29, 1.82) is 0 Å². The Bertz CT molecular complexity index is 405. The molecule has 1 aromatic carbocycles. The molecule has 1 aliphatic rings. The van der Waals surface area contributed by atoms with E-state index in [2.05, 4.69) is 0 Å². The van der Waals surface area contributed by atoms with E-state index in [1.165, 1.54) is 12.1 Å². The van der Waals surface area contributed by atoms with E-state index in [-0.39, 0.29) is 11.8 Å². The molecule has 5 heteroatoms. The molecule has 1 fully saturated rings. The van der Waals surface area contributed by atoms with Crippen LogP contribution in [0.2, 0.25) is 0 Å². The number of hydrogen-bond donors (Lipinski definition) is 0. The zero-order valence-electron chi connectivity index (χ0n) is 9.88. The molecule has 1 aromatic rings. The third-order valence-electron chi connectivity index (χ3n) is 2.57. The molecule has 0 radical (unpaired) electrons. The molecule has 0 bridgehead atoms. The van der Waals surface area contributed by atoms with Crippen LogP contribution in [0.3, 0.4) is 0 Å². The molecular formula is C12H14F3NO. The van der Waals surface area contributed by atoms with Crippen LogP contribution in [0.5, 0.6) is 0 Å². The van der Waals surface area contributed by atoms with Gasteiger partial charge in [0.1, 0.15) is 0 Å².